The van der Waals surface area contributed by atoms with Crippen LogP contribution in [-0.2, 0) is 11.2 Å². The number of hydrogen-bond acceptors (Lipinski definition) is 2. The second kappa shape index (κ2) is 5.53. The minimum atomic E-state index is -0.103. The molecule has 1 aromatic carbocycles. The Morgan fingerprint density at radius 2 is 2.17 bits per heavy atom. The summed E-state index contributed by atoms with van der Waals surface area (Å²) in [6, 6.07) is 5.53. The van der Waals surface area contributed by atoms with Crippen LogP contribution in [0.3, 0.4) is 0 Å². The van der Waals surface area contributed by atoms with E-state index in [0.29, 0.717) is 12.0 Å². The Morgan fingerprint density at radius 1 is 1.39 bits per heavy atom. The number of aryl methyl sites for hydroxylation is 1. The van der Waals surface area contributed by atoms with Gasteiger partial charge in [-0.25, -0.2) is 0 Å². The quantitative estimate of drug-likeness (QED) is 0.623. The van der Waals surface area contributed by atoms with Gasteiger partial charge in [-0.15, -0.1) is 11.6 Å². The van der Waals surface area contributed by atoms with E-state index < -0.39 is 0 Å². The molecule has 1 aliphatic rings. The Bertz CT molecular complexity index is 485. The van der Waals surface area contributed by atoms with Crippen LogP contribution in [0.5, 0.6) is 0 Å². The molecule has 0 saturated carbocycles. The first-order valence-corrected chi connectivity index (χ1v) is 6.73. The average Bonchev–Trinajstić information content (AvgIpc) is 2.44. The van der Waals surface area contributed by atoms with E-state index >= 15 is 0 Å². The van der Waals surface area contributed by atoms with Gasteiger partial charge in [0.15, 0.2) is 5.78 Å². The van der Waals surface area contributed by atoms with Crippen LogP contribution in [0.25, 0.3) is 0 Å². The number of ketones is 1. The molecule has 0 fully saturated rings. The maximum atomic E-state index is 11.9. The van der Waals surface area contributed by atoms with Crippen LogP contribution < -0.4 is 4.90 Å². The number of halogens is 1. The van der Waals surface area contributed by atoms with Crippen molar-refractivity contribution in [3.05, 3.63) is 29.3 Å². The molecule has 18 heavy (non-hydrogen) atoms. The zero-order valence-corrected chi connectivity index (χ0v) is 11.2. The number of alkyl halides is 1. The molecule has 1 aromatic rings. The first kappa shape index (κ1) is 13.1. The number of fused-ring (bicyclic) bond motifs is 1. The van der Waals surface area contributed by atoms with Gasteiger partial charge in [0, 0.05) is 24.2 Å². The van der Waals surface area contributed by atoms with Crippen LogP contribution in [0.15, 0.2) is 18.2 Å². The van der Waals surface area contributed by atoms with Gasteiger partial charge in [-0.1, -0.05) is 19.1 Å². The fourth-order valence-electron chi connectivity index (χ4n) is 2.28. The maximum absolute atomic E-state index is 11.9. The standard InChI is InChI=1S/C14H16ClNO2/c1-2-14(18)16-7-3-4-10-5-6-11(8-12(10)16)13(17)9-15/h5-6,8H,2-4,7,9H2,1H3. The van der Waals surface area contributed by atoms with E-state index in [1.54, 1.807) is 17.0 Å². The number of anilines is 1. The zero-order chi connectivity index (χ0) is 13.1. The van der Waals surface area contributed by atoms with E-state index in [1.165, 1.54) is 0 Å². The summed E-state index contributed by atoms with van der Waals surface area (Å²) in [6.07, 6.45) is 2.41. The molecular weight excluding hydrogens is 250 g/mol. The smallest absolute Gasteiger partial charge is 0.226 e. The molecule has 96 valence electrons. The molecule has 4 heteroatoms. The Hall–Kier alpha value is -1.35. The number of carbonyl (C=O) groups is 2. The first-order valence-electron chi connectivity index (χ1n) is 6.19. The Balaban J connectivity index is 2.41. The highest BCUT2D eigenvalue weighted by molar-refractivity contribution is 6.30. The number of amides is 1. The molecule has 0 N–H and O–H groups in total. The van der Waals surface area contributed by atoms with Crippen LogP contribution in [0.2, 0.25) is 0 Å². The van der Waals surface area contributed by atoms with E-state index in [-0.39, 0.29) is 17.6 Å². The summed E-state index contributed by atoms with van der Waals surface area (Å²) >= 11 is 5.57. The SMILES string of the molecule is CCC(=O)N1CCCc2ccc(C(=O)CCl)cc21. The summed E-state index contributed by atoms with van der Waals surface area (Å²) in [4.78, 5) is 25.3. The van der Waals surface area contributed by atoms with Crippen molar-refractivity contribution in [2.24, 2.45) is 0 Å². The Labute approximate surface area is 112 Å². The second-order valence-electron chi connectivity index (χ2n) is 4.40. The third-order valence-electron chi connectivity index (χ3n) is 3.25. The summed E-state index contributed by atoms with van der Waals surface area (Å²) in [5, 5.41) is 0. The normalized spacial score (nSPS) is 14.2. The fraction of sp³-hybridized carbons (Fsp3) is 0.429. The second-order valence-corrected chi connectivity index (χ2v) is 4.67. The lowest BCUT2D eigenvalue weighted by Gasteiger charge is -2.29. The molecule has 0 spiro atoms. The molecule has 0 unspecified atom stereocenters. The molecule has 0 atom stereocenters. The van der Waals surface area contributed by atoms with Crippen LogP contribution >= 0.6 is 11.6 Å². The summed E-state index contributed by atoms with van der Waals surface area (Å²) in [5.74, 6) is -0.0269. The number of carbonyl (C=O) groups excluding carboxylic acids is 2. The predicted molar refractivity (Wildman–Crippen MR) is 72.5 cm³/mol. The third kappa shape index (κ3) is 2.41. The molecule has 2 rings (SSSR count). The molecule has 1 amide bonds. The maximum Gasteiger partial charge on any atom is 0.226 e. The number of Topliss-reactive ketones (excluding diaryl/α,β-unsaturated/α-hetero) is 1. The van der Waals surface area contributed by atoms with Crippen molar-refractivity contribution in [3.8, 4) is 0 Å². The minimum Gasteiger partial charge on any atom is -0.312 e. The molecule has 0 bridgehead atoms. The summed E-state index contributed by atoms with van der Waals surface area (Å²) in [5.41, 5.74) is 2.60. The van der Waals surface area contributed by atoms with Crippen molar-refractivity contribution in [2.45, 2.75) is 26.2 Å². The van der Waals surface area contributed by atoms with E-state index in [0.717, 1.165) is 30.6 Å². The van der Waals surface area contributed by atoms with Crippen molar-refractivity contribution in [1.29, 1.82) is 0 Å². The molecule has 1 aliphatic heterocycles. The van der Waals surface area contributed by atoms with Crippen molar-refractivity contribution < 1.29 is 9.59 Å². The largest absolute Gasteiger partial charge is 0.312 e. The Morgan fingerprint density at radius 3 is 2.83 bits per heavy atom. The molecule has 0 aromatic heterocycles. The van der Waals surface area contributed by atoms with Crippen molar-refractivity contribution in [1.82, 2.24) is 0 Å². The summed E-state index contributed by atoms with van der Waals surface area (Å²) < 4.78 is 0. The van der Waals surface area contributed by atoms with Crippen LogP contribution in [0, 0.1) is 0 Å². The highest BCUT2D eigenvalue weighted by Gasteiger charge is 2.22. The number of hydrogen-bond donors (Lipinski definition) is 0. The van der Waals surface area contributed by atoms with Crippen molar-refractivity contribution >= 4 is 29.0 Å². The van der Waals surface area contributed by atoms with E-state index in [9.17, 15) is 9.59 Å². The van der Waals surface area contributed by atoms with Gasteiger partial charge in [0.05, 0.1) is 5.88 Å². The minimum absolute atomic E-state index is 0.0273. The van der Waals surface area contributed by atoms with Crippen molar-refractivity contribution in [2.75, 3.05) is 17.3 Å². The van der Waals surface area contributed by atoms with Gasteiger partial charge in [0.2, 0.25) is 5.91 Å². The topological polar surface area (TPSA) is 37.4 Å². The van der Waals surface area contributed by atoms with Gasteiger partial charge < -0.3 is 4.90 Å². The van der Waals surface area contributed by atoms with E-state index in [1.807, 2.05) is 13.0 Å². The van der Waals surface area contributed by atoms with E-state index in [4.69, 9.17) is 11.6 Å². The molecule has 0 saturated heterocycles. The molecule has 0 aliphatic carbocycles. The molecule has 3 nitrogen and oxygen atoms in total. The van der Waals surface area contributed by atoms with Crippen LogP contribution in [0.1, 0.15) is 35.7 Å². The highest BCUT2D eigenvalue weighted by atomic mass is 35.5. The number of nitrogens with zero attached hydrogens (tertiary/aromatic N) is 1. The van der Waals surface area contributed by atoms with Gasteiger partial charge in [-0.2, -0.15) is 0 Å². The summed E-state index contributed by atoms with van der Waals surface area (Å²) in [7, 11) is 0. The van der Waals surface area contributed by atoms with Gasteiger partial charge in [-0.05, 0) is 24.5 Å². The lowest BCUT2D eigenvalue weighted by Crippen LogP contribution is -2.35. The lowest BCUT2D eigenvalue weighted by atomic mass is 9.98. The van der Waals surface area contributed by atoms with Gasteiger partial charge in [0.25, 0.3) is 0 Å². The van der Waals surface area contributed by atoms with Crippen LogP contribution in [0.4, 0.5) is 5.69 Å². The molecule has 0 radical (unpaired) electrons. The zero-order valence-electron chi connectivity index (χ0n) is 10.4. The summed E-state index contributed by atoms with van der Waals surface area (Å²) in [6.45, 7) is 2.59. The van der Waals surface area contributed by atoms with Gasteiger partial charge in [0.1, 0.15) is 0 Å². The molecule has 1 heterocycles. The van der Waals surface area contributed by atoms with Gasteiger partial charge >= 0.3 is 0 Å². The predicted octanol–water partition coefficient (Wildman–Crippen LogP) is 2.80. The molecular formula is C14H16ClNO2. The first-order chi connectivity index (χ1) is 8.67. The number of rotatable bonds is 3. The lowest BCUT2D eigenvalue weighted by molar-refractivity contribution is -0.118. The third-order valence-corrected chi connectivity index (χ3v) is 3.49. The van der Waals surface area contributed by atoms with Crippen LogP contribution in [-0.4, -0.2) is 24.1 Å². The fourth-order valence-corrected chi connectivity index (χ4v) is 2.43. The monoisotopic (exact) mass is 265 g/mol. The number of benzene rings is 1. The van der Waals surface area contributed by atoms with Crippen molar-refractivity contribution in [3.63, 3.8) is 0 Å². The Kier molecular flexibility index (Phi) is 4.02. The van der Waals surface area contributed by atoms with E-state index in [2.05, 4.69) is 0 Å². The average molecular weight is 266 g/mol. The van der Waals surface area contributed by atoms with Gasteiger partial charge in [-0.3, -0.25) is 9.59 Å². The highest BCUT2D eigenvalue weighted by Crippen LogP contribution is 2.29.